The molecule has 0 radical (unpaired) electrons. The number of benzene rings is 1. The lowest BCUT2D eigenvalue weighted by atomic mass is 9.80. The van der Waals surface area contributed by atoms with Crippen LogP contribution in [0.3, 0.4) is 0 Å². The summed E-state index contributed by atoms with van der Waals surface area (Å²) in [6, 6.07) is 8.03. The van der Waals surface area contributed by atoms with Crippen molar-refractivity contribution in [3.63, 3.8) is 0 Å². The third-order valence-corrected chi connectivity index (χ3v) is 5.25. The van der Waals surface area contributed by atoms with Gasteiger partial charge in [-0.05, 0) is 49.3 Å². The molecule has 0 saturated heterocycles. The van der Waals surface area contributed by atoms with E-state index in [1.165, 1.54) is 19.3 Å². The summed E-state index contributed by atoms with van der Waals surface area (Å²) < 4.78 is 0. The molecule has 0 unspecified atom stereocenters. The van der Waals surface area contributed by atoms with Crippen LogP contribution in [0.2, 0.25) is 0 Å². The predicted octanol–water partition coefficient (Wildman–Crippen LogP) is 4.27. The second-order valence-corrected chi connectivity index (χ2v) is 7.35. The lowest BCUT2D eigenvalue weighted by Crippen LogP contribution is -2.34. The van der Waals surface area contributed by atoms with Crippen LogP contribution in [0.1, 0.15) is 68.9 Å². The summed E-state index contributed by atoms with van der Waals surface area (Å²) in [5.41, 5.74) is 1.00. The quantitative estimate of drug-likeness (QED) is 0.409. The molecule has 3 N–H and O–H groups in total. The highest BCUT2D eigenvalue weighted by molar-refractivity contribution is 5.42. The Morgan fingerprint density at radius 1 is 1.08 bits per heavy atom. The topological polar surface area (TPSA) is 60.7 Å². The van der Waals surface area contributed by atoms with Gasteiger partial charge in [-0.25, -0.2) is 0 Å². The molecule has 0 spiro atoms. The van der Waals surface area contributed by atoms with Crippen LogP contribution in [0.4, 0.5) is 0 Å². The van der Waals surface area contributed by atoms with Gasteiger partial charge in [0.1, 0.15) is 5.60 Å². The van der Waals surface area contributed by atoms with Gasteiger partial charge in [0.25, 0.3) is 0 Å². The zero-order valence-corrected chi connectivity index (χ0v) is 16.0. The minimum atomic E-state index is -1.14. The molecule has 144 valence electrons. The van der Waals surface area contributed by atoms with Crippen LogP contribution in [0.25, 0.3) is 0 Å². The first-order valence-electron chi connectivity index (χ1n) is 10.1. The summed E-state index contributed by atoms with van der Waals surface area (Å²) in [6.45, 7) is 2.40. The Balaban J connectivity index is 2.12. The molecule has 0 amide bonds. The van der Waals surface area contributed by atoms with Crippen molar-refractivity contribution < 1.29 is 15.3 Å². The van der Waals surface area contributed by atoms with Crippen LogP contribution < -0.4 is 0 Å². The molecule has 2 rings (SSSR count). The highest BCUT2D eigenvalue weighted by atomic mass is 16.3. The van der Waals surface area contributed by atoms with E-state index in [0.717, 1.165) is 43.2 Å². The Morgan fingerprint density at radius 3 is 2.65 bits per heavy atom. The SMILES string of the molecule is CCCCCC/C=C/[C@@]1(O)C=C[C@@H](O)[C@@H]1c1ccccc1CCCCO. The van der Waals surface area contributed by atoms with Gasteiger partial charge in [-0.3, -0.25) is 0 Å². The van der Waals surface area contributed by atoms with Gasteiger partial charge in [-0.1, -0.05) is 68.7 Å². The van der Waals surface area contributed by atoms with Crippen molar-refractivity contribution in [1.29, 1.82) is 0 Å². The first-order chi connectivity index (χ1) is 12.6. The van der Waals surface area contributed by atoms with E-state index in [4.69, 9.17) is 5.11 Å². The fourth-order valence-electron chi connectivity index (χ4n) is 3.79. The molecule has 3 heteroatoms. The number of aliphatic hydroxyl groups is 3. The number of rotatable bonds is 11. The summed E-state index contributed by atoms with van der Waals surface area (Å²) in [4.78, 5) is 0. The maximum atomic E-state index is 11.2. The number of allylic oxidation sites excluding steroid dienone is 1. The molecule has 1 aliphatic carbocycles. The predicted molar refractivity (Wildman–Crippen MR) is 107 cm³/mol. The fraction of sp³-hybridized carbons (Fsp3) is 0.565. The minimum absolute atomic E-state index is 0.195. The molecule has 1 aromatic carbocycles. The van der Waals surface area contributed by atoms with Crippen molar-refractivity contribution in [3.05, 3.63) is 59.7 Å². The standard InChI is InChI=1S/C23H34O3/c1-2-3-4-5-6-10-16-23(26)17-15-21(25)22(23)20-14-8-7-12-19(20)13-9-11-18-24/h7-8,10,12,14-17,21-22,24-26H,2-6,9,11,13,18H2,1H3/b16-10+/t21-,22+,23-/m1/s1. The van der Waals surface area contributed by atoms with E-state index in [-0.39, 0.29) is 12.5 Å². The van der Waals surface area contributed by atoms with E-state index in [9.17, 15) is 10.2 Å². The van der Waals surface area contributed by atoms with Crippen molar-refractivity contribution >= 4 is 0 Å². The molecule has 1 aliphatic rings. The van der Waals surface area contributed by atoms with Gasteiger partial charge in [-0.2, -0.15) is 0 Å². The number of unbranched alkanes of at least 4 members (excludes halogenated alkanes) is 5. The van der Waals surface area contributed by atoms with Crippen LogP contribution in [-0.2, 0) is 6.42 Å². The average molecular weight is 359 g/mol. The Kier molecular flexibility index (Phi) is 8.56. The second-order valence-electron chi connectivity index (χ2n) is 7.35. The summed E-state index contributed by atoms with van der Waals surface area (Å²) in [5.74, 6) is -0.375. The largest absolute Gasteiger partial charge is 0.396 e. The molecule has 3 atom stereocenters. The van der Waals surface area contributed by atoms with Gasteiger partial charge in [0, 0.05) is 12.5 Å². The van der Waals surface area contributed by atoms with Crippen molar-refractivity contribution in [2.45, 2.75) is 75.9 Å². The number of hydrogen-bond donors (Lipinski definition) is 3. The Hall–Kier alpha value is -1.42. The third-order valence-electron chi connectivity index (χ3n) is 5.25. The summed E-state index contributed by atoms with van der Waals surface area (Å²) in [6.07, 6.45) is 14.9. The smallest absolute Gasteiger partial charge is 0.111 e. The van der Waals surface area contributed by atoms with Crippen molar-refractivity contribution in [1.82, 2.24) is 0 Å². The first-order valence-corrected chi connectivity index (χ1v) is 10.1. The van der Waals surface area contributed by atoms with Gasteiger partial charge in [0.2, 0.25) is 0 Å². The number of aliphatic hydroxyl groups excluding tert-OH is 2. The van der Waals surface area contributed by atoms with Crippen LogP contribution >= 0.6 is 0 Å². The average Bonchev–Trinajstić information content (AvgIpc) is 2.94. The van der Waals surface area contributed by atoms with Crippen molar-refractivity contribution in [2.24, 2.45) is 0 Å². The van der Waals surface area contributed by atoms with Gasteiger partial charge in [-0.15, -0.1) is 0 Å². The number of aryl methyl sites for hydroxylation is 1. The lowest BCUT2D eigenvalue weighted by Gasteiger charge is -2.30. The molecule has 0 heterocycles. The van der Waals surface area contributed by atoms with Crippen LogP contribution in [0.5, 0.6) is 0 Å². The zero-order chi connectivity index (χ0) is 18.8. The molecule has 3 nitrogen and oxygen atoms in total. The highest BCUT2D eigenvalue weighted by Gasteiger charge is 2.42. The fourth-order valence-corrected chi connectivity index (χ4v) is 3.79. The first kappa shape index (κ1) is 20.9. The Morgan fingerprint density at radius 2 is 1.88 bits per heavy atom. The molecule has 26 heavy (non-hydrogen) atoms. The second kappa shape index (κ2) is 10.7. The lowest BCUT2D eigenvalue weighted by molar-refractivity contribution is 0.0692. The minimum Gasteiger partial charge on any atom is -0.396 e. The van der Waals surface area contributed by atoms with Gasteiger partial charge in [0.15, 0.2) is 0 Å². The number of hydrogen-bond acceptors (Lipinski definition) is 3. The summed E-state index contributed by atoms with van der Waals surface area (Å²) in [5, 5.41) is 30.8. The van der Waals surface area contributed by atoms with Crippen LogP contribution in [0.15, 0.2) is 48.6 Å². The Bertz CT molecular complexity index is 593. The Labute approximate surface area is 158 Å². The van der Waals surface area contributed by atoms with E-state index in [0.29, 0.717) is 0 Å². The van der Waals surface area contributed by atoms with E-state index < -0.39 is 11.7 Å². The molecule has 1 aromatic rings. The molecular weight excluding hydrogens is 324 g/mol. The van der Waals surface area contributed by atoms with Gasteiger partial charge in [0.05, 0.1) is 6.10 Å². The molecular formula is C23H34O3. The van der Waals surface area contributed by atoms with Gasteiger partial charge < -0.3 is 15.3 Å². The third kappa shape index (κ3) is 5.54. The van der Waals surface area contributed by atoms with Crippen molar-refractivity contribution in [2.75, 3.05) is 6.61 Å². The van der Waals surface area contributed by atoms with Gasteiger partial charge >= 0.3 is 0 Å². The maximum absolute atomic E-state index is 11.2. The molecule has 0 saturated carbocycles. The molecule has 0 fully saturated rings. The van der Waals surface area contributed by atoms with E-state index in [2.05, 4.69) is 19.1 Å². The molecule has 0 bridgehead atoms. The molecule has 0 aliphatic heterocycles. The van der Waals surface area contributed by atoms with Crippen LogP contribution in [0, 0.1) is 0 Å². The normalized spacial score (nSPS) is 25.4. The maximum Gasteiger partial charge on any atom is 0.111 e. The van der Waals surface area contributed by atoms with E-state index in [1.54, 1.807) is 12.2 Å². The van der Waals surface area contributed by atoms with E-state index >= 15 is 0 Å². The van der Waals surface area contributed by atoms with Crippen molar-refractivity contribution in [3.8, 4) is 0 Å². The molecule has 0 aromatic heterocycles. The summed E-state index contributed by atoms with van der Waals surface area (Å²) in [7, 11) is 0. The highest BCUT2D eigenvalue weighted by Crippen LogP contribution is 2.41. The monoisotopic (exact) mass is 358 g/mol. The van der Waals surface area contributed by atoms with E-state index in [1.807, 2.05) is 24.3 Å². The van der Waals surface area contributed by atoms with Crippen LogP contribution in [-0.4, -0.2) is 33.6 Å². The summed E-state index contributed by atoms with van der Waals surface area (Å²) >= 11 is 0. The zero-order valence-electron chi connectivity index (χ0n) is 16.0.